The van der Waals surface area contributed by atoms with Crippen LogP contribution in [0.1, 0.15) is 33.6 Å². The largest absolute Gasteiger partial charge is 0.478 e. The Morgan fingerprint density at radius 1 is 1.27 bits per heavy atom. The molecule has 0 aliphatic carbocycles. The quantitative estimate of drug-likeness (QED) is 0.780. The molecule has 0 bridgehead atoms. The van der Waals surface area contributed by atoms with Crippen LogP contribution in [0.2, 0.25) is 0 Å². The monoisotopic (exact) mass is 208 g/mol. The summed E-state index contributed by atoms with van der Waals surface area (Å²) < 4.78 is 5.28. The Labute approximate surface area is 91.9 Å². The molecule has 1 aromatic heterocycles. The fourth-order valence-corrected chi connectivity index (χ4v) is 1.43. The van der Waals surface area contributed by atoms with Gasteiger partial charge in [-0.05, 0) is 25.8 Å². The lowest BCUT2D eigenvalue weighted by Gasteiger charge is -2.15. The Morgan fingerprint density at radius 3 is 2.47 bits per heavy atom. The Hall–Kier alpha value is -1.25. The van der Waals surface area contributed by atoms with E-state index in [1.165, 1.54) is 0 Å². The van der Waals surface area contributed by atoms with Crippen molar-refractivity contribution in [3.8, 4) is 5.88 Å². The summed E-state index contributed by atoms with van der Waals surface area (Å²) in [6, 6.07) is 4.44. The zero-order valence-electron chi connectivity index (χ0n) is 9.79. The molecule has 0 fully saturated rings. The summed E-state index contributed by atoms with van der Waals surface area (Å²) in [5.41, 5.74) is 1.06. The van der Waals surface area contributed by atoms with Gasteiger partial charge in [-0.2, -0.15) is 0 Å². The maximum absolute atomic E-state index is 5.28. The Kier molecular flexibility index (Phi) is 4.95. The van der Waals surface area contributed by atoms with Crippen molar-refractivity contribution in [2.75, 3.05) is 11.9 Å². The molecule has 1 aromatic rings. The molecule has 0 spiro atoms. The highest BCUT2D eigenvalue weighted by molar-refractivity contribution is 5.42. The van der Waals surface area contributed by atoms with Gasteiger partial charge in [0.15, 0.2) is 0 Å². The smallest absolute Gasteiger partial charge is 0.213 e. The zero-order valence-corrected chi connectivity index (χ0v) is 9.79. The SMILES string of the molecule is CCOc1ccc(NC(CC)CC)cn1. The minimum Gasteiger partial charge on any atom is -0.478 e. The molecule has 3 heteroatoms. The van der Waals surface area contributed by atoms with Crippen molar-refractivity contribution in [3.05, 3.63) is 18.3 Å². The first-order chi connectivity index (χ1) is 7.30. The first-order valence-corrected chi connectivity index (χ1v) is 5.65. The standard InChI is InChI=1S/C12H20N2O/c1-4-10(5-2)14-11-7-8-12(13-9-11)15-6-3/h7-10,14H,4-6H2,1-3H3. The molecular weight excluding hydrogens is 188 g/mol. The van der Waals surface area contributed by atoms with E-state index in [0.29, 0.717) is 18.5 Å². The van der Waals surface area contributed by atoms with Crippen LogP contribution in [0.15, 0.2) is 18.3 Å². The van der Waals surface area contributed by atoms with Crippen molar-refractivity contribution in [3.63, 3.8) is 0 Å². The van der Waals surface area contributed by atoms with Gasteiger partial charge in [-0.15, -0.1) is 0 Å². The molecule has 0 saturated carbocycles. The van der Waals surface area contributed by atoms with Crippen LogP contribution in [-0.4, -0.2) is 17.6 Å². The van der Waals surface area contributed by atoms with E-state index < -0.39 is 0 Å². The Morgan fingerprint density at radius 2 is 2.00 bits per heavy atom. The summed E-state index contributed by atoms with van der Waals surface area (Å²) in [6.45, 7) is 6.98. The summed E-state index contributed by atoms with van der Waals surface area (Å²) in [4.78, 5) is 4.21. The second kappa shape index (κ2) is 6.27. The normalized spacial score (nSPS) is 10.4. The van der Waals surface area contributed by atoms with Gasteiger partial charge in [0.05, 0.1) is 18.5 Å². The Bertz CT molecular complexity index is 267. The number of nitrogens with zero attached hydrogens (tertiary/aromatic N) is 1. The van der Waals surface area contributed by atoms with E-state index >= 15 is 0 Å². The van der Waals surface area contributed by atoms with Crippen molar-refractivity contribution in [1.82, 2.24) is 4.98 Å². The second-order valence-electron chi connectivity index (χ2n) is 3.48. The molecule has 0 saturated heterocycles. The minimum absolute atomic E-state index is 0.532. The molecule has 84 valence electrons. The third-order valence-corrected chi connectivity index (χ3v) is 2.38. The minimum atomic E-state index is 0.532. The number of hydrogen-bond acceptors (Lipinski definition) is 3. The summed E-state index contributed by atoms with van der Waals surface area (Å²) >= 11 is 0. The molecule has 3 nitrogen and oxygen atoms in total. The van der Waals surface area contributed by atoms with E-state index in [1.807, 2.05) is 25.3 Å². The number of pyridine rings is 1. The van der Waals surface area contributed by atoms with Crippen molar-refractivity contribution in [2.45, 2.75) is 39.7 Å². The van der Waals surface area contributed by atoms with Crippen LogP contribution in [0.4, 0.5) is 5.69 Å². The van der Waals surface area contributed by atoms with Crippen LogP contribution < -0.4 is 10.1 Å². The predicted molar refractivity (Wildman–Crippen MR) is 63.4 cm³/mol. The number of ether oxygens (including phenoxy) is 1. The van der Waals surface area contributed by atoms with E-state index in [2.05, 4.69) is 24.1 Å². The predicted octanol–water partition coefficient (Wildman–Crippen LogP) is 3.08. The first kappa shape index (κ1) is 11.8. The van der Waals surface area contributed by atoms with Gasteiger partial charge in [-0.3, -0.25) is 0 Å². The molecule has 0 aliphatic rings. The first-order valence-electron chi connectivity index (χ1n) is 5.65. The van der Waals surface area contributed by atoms with Gasteiger partial charge >= 0.3 is 0 Å². The van der Waals surface area contributed by atoms with E-state index in [9.17, 15) is 0 Å². The number of anilines is 1. The average molecular weight is 208 g/mol. The highest BCUT2D eigenvalue weighted by Crippen LogP contribution is 2.14. The summed E-state index contributed by atoms with van der Waals surface area (Å²) in [7, 11) is 0. The lowest BCUT2D eigenvalue weighted by Crippen LogP contribution is -2.16. The molecule has 15 heavy (non-hydrogen) atoms. The van der Waals surface area contributed by atoms with Gasteiger partial charge in [0, 0.05) is 12.1 Å². The molecule has 0 aliphatic heterocycles. The van der Waals surface area contributed by atoms with Crippen LogP contribution in [0.3, 0.4) is 0 Å². The van der Waals surface area contributed by atoms with E-state index in [0.717, 1.165) is 18.5 Å². The fourth-order valence-electron chi connectivity index (χ4n) is 1.43. The molecular formula is C12H20N2O. The summed E-state index contributed by atoms with van der Waals surface area (Å²) in [5.74, 6) is 0.688. The van der Waals surface area contributed by atoms with Gasteiger partial charge < -0.3 is 10.1 Å². The van der Waals surface area contributed by atoms with Crippen LogP contribution in [0, 0.1) is 0 Å². The number of hydrogen-bond donors (Lipinski definition) is 1. The molecule has 0 aromatic carbocycles. The summed E-state index contributed by atoms with van der Waals surface area (Å²) in [5, 5.41) is 3.43. The number of rotatable bonds is 6. The lowest BCUT2D eigenvalue weighted by atomic mass is 10.1. The fraction of sp³-hybridized carbons (Fsp3) is 0.583. The maximum Gasteiger partial charge on any atom is 0.213 e. The van der Waals surface area contributed by atoms with Crippen molar-refractivity contribution >= 4 is 5.69 Å². The van der Waals surface area contributed by atoms with E-state index in [4.69, 9.17) is 4.74 Å². The van der Waals surface area contributed by atoms with Crippen molar-refractivity contribution < 1.29 is 4.74 Å². The molecule has 1 heterocycles. The zero-order chi connectivity index (χ0) is 11.1. The van der Waals surface area contributed by atoms with Gasteiger partial charge in [0.1, 0.15) is 0 Å². The number of nitrogens with one attached hydrogen (secondary N) is 1. The Balaban J connectivity index is 2.55. The summed E-state index contributed by atoms with van der Waals surface area (Å²) in [6.07, 6.45) is 4.08. The molecule has 1 N–H and O–H groups in total. The van der Waals surface area contributed by atoms with Crippen molar-refractivity contribution in [2.24, 2.45) is 0 Å². The van der Waals surface area contributed by atoms with Gasteiger partial charge in [0.2, 0.25) is 5.88 Å². The van der Waals surface area contributed by atoms with Crippen molar-refractivity contribution in [1.29, 1.82) is 0 Å². The van der Waals surface area contributed by atoms with Gasteiger partial charge in [0.25, 0.3) is 0 Å². The topological polar surface area (TPSA) is 34.1 Å². The molecule has 0 radical (unpaired) electrons. The lowest BCUT2D eigenvalue weighted by molar-refractivity contribution is 0.327. The van der Waals surface area contributed by atoms with E-state index in [1.54, 1.807) is 0 Å². The maximum atomic E-state index is 5.28. The average Bonchev–Trinajstić information content (AvgIpc) is 2.28. The molecule has 0 atom stereocenters. The van der Waals surface area contributed by atoms with Crippen LogP contribution in [0.5, 0.6) is 5.88 Å². The van der Waals surface area contributed by atoms with Crippen LogP contribution >= 0.6 is 0 Å². The highest BCUT2D eigenvalue weighted by atomic mass is 16.5. The third kappa shape index (κ3) is 3.78. The van der Waals surface area contributed by atoms with Gasteiger partial charge in [-0.1, -0.05) is 13.8 Å². The van der Waals surface area contributed by atoms with E-state index in [-0.39, 0.29) is 0 Å². The van der Waals surface area contributed by atoms with Gasteiger partial charge in [-0.25, -0.2) is 4.98 Å². The van der Waals surface area contributed by atoms with Crippen LogP contribution in [-0.2, 0) is 0 Å². The number of aromatic nitrogens is 1. The molecule has 1 rings (SSSR count). The highest BCUT2D eigenvalue weighted by Gasteiger charge is 2.03. The second-order valence-corrected chi connectivity index (χ2v) is 3.48. The molecule has 0 unspecified atom stereocenters. The molecule has 0 amide bonds. The third-order valence-electron chi connectivity index (χ3n) is 2.38. The van der Waals surface area contributed by atoms with Crippen LogP contribution in [0.25, 0.3) is 0 Å².